The second kappa shape index (κ2) is 6.55. The Labute approximate surface area is 125 Å². The SMILES string of the molecule is COCCN(CC(=O)N1CCc2ccccc21)S(C)(=O)=O. The van der Waals surface area contributed by atoms with E-state index >= 15 is 0 Å². The van der Waals surface area contributed by atoms with E-state index in [1.54, 1.807) is 4.90 Å². The molecule has 0 unspecified atom stereocenters. The summed E-state index contributed by atoms with van der Waals surface area (Å²) in [4.78, 5) is 14.1. The largest absolute Gasteiger partial charge is 0.383 e. The van der Waals surface area contributed by atoms with E-state index in [-0.39, 0.29) is 25.6 Å². The van der Waals surface area contributed by atoms with Crippen molar-refractivity contribution in [2.75, 3.05) is 44.5 Å². The van der Waals surface area contributed by atoms with E-state index in [4.69, 9.17) is 4.74 Å². The van der Waals surface area contributed by atoms with Crippen molar-refractivity contribution in [2.45, 2.75) is 6.42 Å². The molecule has 116 valence electrons. The highest BCUT2D eigenvalue weighted by Crippen LogP contribution is 2.27. The van der Waals surface area contributed by atoms with Crippen LogP contribution in [0, 0.1) is 0 Å². The number of sulfonamides is 1. The Hall–Kier alpha value is -1.44. The molecule has 0 saturated heterocycles. The first kappa shape index (κ1) is 15.9. The molecule has 7 heteroatoms. The van der Waals surface area contributed by atoms with Crippen molar-refractivity contribution in [1.82, 2.24) is 4.31 Å². The summed E-state index contributed by atoms with van der Waals surface area (Å²) in [6, 6.07) is 7.69. The zero-order chi connectivity index (χ0) is 15.5. The molecule has 0 atom stereocenters. The van der Waals surface area contributed by atoms with Crippen molar-refractivity contribution >= 4 is 21.6 Å². The number of carbonyl (C=O) groups excluding carboxylic acids is 1. The third-order valence-corrected chi connectivity index (χ3v) is 4.76. The zero-order valence-electron chi connectivity index (χ0n) is 12.3. The molecule has 1 heterocycles. The Bertz CT molecular complexity index is 615. The second-order valence-electron chi connectivity index (χ2n) is 5.01. The van der Waals surface area contributed by atoms with Crippen molar-refractivity contribution in [3.8, 4) is 0 Å². The zero-order valence-corrected chi connectivity index (χ0v) is 13.1. The van der Waals surface area contributed by atoms with E-state index in [9.17, 15) is 13.2 Å². The number of hydrogen-bond acceptors (Lipinski definition) is 4. The highest BCUT2D eigenvalue weighted by molar-refractivity contribution is 7.88. The van der Waals surface area contributed by atoms with Crippen LogP contribution in [0.3, 0.4) is 0 Å². The highest BCUT2D eigenvalue weighted by atomic mass is 32.2. The Morgan fingerprint density at radius 3 is 2.76 bits per heavy atom. The van der Waals surface area contributed by atoms with Crippen LogP contribution < -0.4 is 4.90 Å². The van der Waals surface area contributed by atoms with Crippen LogP contribution >= 0.6 is 0 Å². The number of hydrogen-bond donors (Lipinski definition) is 0. The van der Waals surface area contributed by atoms with E-state index in [0.717, 1.165) is 28.2 Å². The summed E-state index contributed by atoms with van der Waals surface area (Å²) in [7, 11) is -1.93. The molecule has 0 aliphatic carbocycles. The van der Waals surface area contributed by atoms with Crippen LogP contribution in [0.15, 0.2) is 24.3 Å². The predicted octanol–water partition coefficient (Wildman–Crippen LogP) is 0.484. The molecule has 0 N–H and O–H groups in total. The number of nitrogens with zero attached hydrogens (tertiary/aromatic N) is 2. The van der Waals surface area contributed by atoms with Gasteiger partial charge in [0.1, 0.15) is 0 Å². The average molecular weight is 312 g/mol. The van der Waals surface area contributed by atoms with Crippen molar-refractivity contribution in [2.24, 2.45) is 0 Å². The number of anilines is 1. The topological polar surface area (TPSA) is 66.9 Å². The minimum atomic E-state index is -3.43. The minimum absolute atomic E-state index is 0.156. The van der Waals surface area contributed by atoms with Gasteiger partial charge < -0.3 is 9.64 Å². The number of carbonyl (C=O) groups is 1. The lowest BCUT2D eigenvalue weighted by molar-refractivity contribution is -0.118. The van der Waals surface area contributed by atoms with E-state index in [2.05, 4.69) is 0 Å². The summed E-state index contributed by atoms with van der Waals surface area (Å²) in [5, 5.41) is 0. The average Bonchev–Trinajstić information content (AvgIpc) is 2.86. The minimum Gasteiger partial charge on any atom is -0.383 e. The lowest BCUT2D eigenvalue weighted by Crippen LogP contribution is -2.43. The second-order valence-corrected chi connectivity index (χ2v) is 7.00. The smallest absolute Gasteiger partial charge is 0.242 e. The Kier molecular flexibility index (Phi) is 4.97. The Morgan fingerprint density at radius 2 is 2.10 bits per heavy atom. The number of methoxy groups -OCH3 is 1. The maximum atomic E-state index is 12.4. The molecule has 0 fully saturated rings. The lowest BCUT2D eigenvalue weighted by atomic mass is 10.2. The van der Waals surface area contributed by atoms with Gasteiger partial charge in [-0.3, -0.25) is 4.79 Å². The molecule has 1 aromatic carbocycles. The van der Waals surface area contributed by atoms with Crippen LogP contribution in [0.5, 0.6) is 0 Å². The van der Waals surface area contributed by atoms with Gasteiger partial charge in [-0.2, -0.15) is 4.31 Å². The maximum Gasteiger partial charge on any atom is 0.242 e. The van der Waals surface area contributed by atoms with Crippen molar-refractivity contribution in [1.29, 1.82) is 0 Å². The van der Waals surface area contributed by atoms with Gasteiger partial charge in [0.25, 0.3) is 0 Å². The molecule has 1 amide bonds. The Morgan fingerprint density at radius 1 is 1.38 bits per heavy atom. The molecule has 1 aliphatic heterocycles. The van der Waals surface area contributed by atoms with E-state index in [0.29, 0.717) is 6.54 Å². The third-order valence-electron chi connectivity index (χ3n) is 3.51. The van der Waals surface area contributed by atoms with E-state index in [1.165, 1.54) is 7.11 Å². The summed E-state index contributed by atoms with van der Waals surface area (Å²) >= 11 is 0. The number of fused-ring (bicyclic) bond motifs is 1. The van der Waals surface area contributed by atoms with E-state index in [1.807, 2.05) is 24.3 Å². The van der Waals surface area contributed by atoms with Crippen LogP contribution in [0.4, 0.5) is 5.69 Å². The molecular weight excluding hydrogens is 292 g/mol. The summed E-state index contributed by atoms with van der Waals surface area (Å²) in [6.07, 6.45) is 1.91. The van der Waals surface area contributed by atoms with Crippen LogP contribution in [0.2, 0.25) is 0 Å². The summed E-state index contributed by atoms with van der Waals surface area (Å²) in [5.74, 6) is -0.207. The monoisotopic (exact) mass is 312 g/mol. The molecule has 1 aliphatic rings. The molecule has 0 spiro atoms. The lowest BCUT2D eigenvalue weighted by Gasteiger charge is -2.23. The molecule has 2 rings (SSSR count). The number of para-hydroxylation sites is 1. The summed E-state index contributed by atoms with van der Waals surface area (Å²) < 4.78 is 29.5. The standard InChI is InChI=1S/C14H20N2O4S/c1-20-10-9-15(21(2,18)19)11-14(17)16-8-7-12-5-3-4-6-13(12)16/h3-6H,7-11H2,1-2H3. The Balaban J connectivity index is 2.10. The van der Waals surface area contributed by atoms with Crippen LogP contribution in [-0.2, 0) is 26.0 Å². The first-order valence-electron chi connectivity index (χ1n) is 6.76. The summed E-state index contributed by atoms with van der Waals surface area (Å²) in [6.45, 7) is 0.879. The fourth-order valence-corrected chi connectivity index (χ4v) is 3.14. The van der Waals surface area contributed by atoms with Crippen molar-refractivity contribution < 1.29 is 17.9 Å². The summed E-state index contributed by atoms with van der Waals surface area (Å²) in [5.41, 5.74) is 2.00. The molecule has 0 bridgehead atoms. The van der Waals surface area contributed by atoms with E-state index < -0.39 is 10.0 Å². The number of ether oxygens (including phenoxy) is 1. The van der Waals surface area contributed by atoms with Gasteiger partial charge >= 0.3 is 0 Å². The molecule has 0 radical (unpaired) electrons. The molecule has 6 nitrogen and oxygen atoms in total. The van der Waals surface area contributed by atoms with Gasteiger partial charge in [0.15, 0.2) is 0 Å². The van der Waals surface area contributed by atoms with Gasteiger partial charge in [-0.05, 0) is 18.1 Å². The molecule has 0 aromatic heterocycles. The number of rotatable bonds is 6. The normalized spacial score (nSPS) is 14.5. The van der Waals surface area contributed by atoms with Crippen molar-refractivity contribution in [3.63, 3.8) is 0 Å². The fourth-order valence-electron chi connectivity index (χ4n) is 2.39. The molecule has 0 saturated carbocycles. The molecule has 1 aromatic rings. The maximum absolute atomic E-state index is 12.4. The van der Waals surface area contributed by atoms with Crippen LogP contribution in [0.25, 0.3) is 0 Å². The first-order valence-corrected chi connectivity index (χ1v) is 8.60. The van der Waals surface area contributed by atoms with Gasteiger partial charge in [-0.15, -0.1) is 0 Å². The van der Waals surface area contributed by atoms with Gasteiger partial charge in [0.05, 0.1) is 19.4 Å². The third kappa shape index (κ3) is 3.81. The highest BCUT2D eigenvalue weighted by Gasteiger charge is 2.28. The number of amides is 1. The predicted molar refractivity (Wildman–Crippen MR) is 80.8 cm³/mol. The van der Waals surface area contributed by atoms with Crippen molar-refractivity contribution in [3.05, 3.63) is 29.8 Å². The fraction of sp³-hybridized carbons (Fsp3) is 0.500. The molecular formula is C14H20N2O4S. The molecule has 21 heavy (non-hydrogen) atoms. The van der Waals surface area contributed by atoms with Gasteiger partial charge in [0.2, 0.25) is 15.9 Å². The van der Waals surface area contributed by atoms with Gasteiger partial charge in [-0.25, -0.2) is 8.42 Å². The quantitative estimate of drug-likeness (QED) is 0.766. The van der Waals surface area contributed by atoms with Gasteiger partial charge in [0, 0.05) is 25.9 Å². The van der Waals surface area contributed by atoms with Crippen LogP contribution in [-0.4, -0.2) is 58.2 Å². The van der Waals surface area contributed by atoms with Crippen LogP contribution in [0.1, 0.15) is 5.56 Å². The first-order chi connectivity index (χ1) is 9.93. The van der Waals surface area contributed by atoms with Gasteiger partial charge in [-0.1, -0.05) is 18.2 Å². The number of benzene rings is 1.